The Bertz CT molecular complexity index is 636. The summed E-state index contributed by atoms with van der Waals surface area (Å²) in [5.41, 5.74) is 2.52. The predicted octanol–water partition coefficient (Wildman–Crippen LogP) is 1.81. The van der Waals surface area contributed by atoms with E-state index in [4.69, 9.17) is 10.5 Å². The van der Waals surface area contributed by atoms with Gasteiger partial charge in [0.15, 0.2) is 0 Å². The van der Waals surface area contributed by atoms with E-state index in [9.17, 15) is 4.79 Å². The fourth-order valence-corrected chi connectivity index (χ4v) is 1.66. The van der Waals surface area contributed by atoms with Crippen LogP contribution in [0.3, 0.4) is 0 Å². The summed E-state index contributed by atoms with van der Waals surface area (Å²) in [6.45, 7) is 1.97. The van der Waals surface area contributed by atoms with Gasteiger partial charge in [-0.25, -0.2) is 0 Å². The van der Waals surface area contributed by atoms with Crippen LogP contribution in [0.1, 0.15) is 11.1 Å². The maximum atomic E-state index is 11.7. The van der Waals surface area contributed by atoms with Crippen LogP contribution in [0.4, 0.5) is 0 Å². The molecule has 0 bridgehead atoms. The van der Waals surface area contributed by atoms with E-state index >= 15 is 0 Å². The highest BCUT2D eigenvalue weighted by Crippen LogP contribution is 2.22. The van der Waals surface area contributed by atoms with Crippen LogP contribution in [0.15, 0.2) is 41.5 Å². The molecule has 0 saturated carbocycles. The first-order chi connectivity index (χ1) is 8.65. The van der Waals surface area contributed by atoms with Crippen molar-refractivity contribution >= 4 is 11.6 Å². The molecule has 4 nitrogen and oxygen atoms in total. The number of benzene rings is 1. The SMILES string of the molecule is Cc1ccc(C2=CC(=C(C#N)C#N)C(=O)N2)cc1. The number of hydrogen-bond donors (Lipinski definition) is 1. The Balaban J connectivity index is 2.46. The number of carbonyl (C=O) groups is 1. The summed E-state index contributed by atoms with van der Waals surface area (Å²) in [6, 6.07) is 11.1. The number of carbonyl (C=O) groups excluding carboxylic acids is 1. The molecule has 1 N–H and O–H groups in total. The summed E-state index contributed by atoms with van der Waals surface area (Å²) in [5.74, 6) is -0.413. The molecule has 4 heteroatoms. The number of nitrogens with one attached hydrogen (secondary N) is 1. The van der Waals surface area contributed by atoms with E-state index in [0.717, 1.165) is 11.1 Å². The van der Waals surface area contributed by atoms with Crippen molar-refractivity contribution in [2.75, 3.05) is 0 Å². The molecule has 0 aliphatic carbocycles. The van der Waals surface area contributed by atoms with Gasteiger partial charge in [0.05, 0.1) is 5.57 Å². The normalized spacial score (nSPS) is 13.4. The summed E-state index contributed by atoms with van der Waals surface area (Å²) in [4.78, 5) is 11.7. The maximum absolute atomic E-state index is 11.7. The highest BCUT2D eigenvalue weighted by atomic mass is 16.1. The molecule has 0 spiro atoms. The minimum atomic E-state index is -0.413. The third kappa shape index (κ3) is 2.00. The predicted molar refractivity (Wildman–Crippen MR) is 65.6 cm³/mol. The number of hydrogen-bond acceptors (Lipinski definition) is 3. The minimum Gasteiger partial charge on any atom is -0.321 e. The topological polar surface area (TPSA) is 76.7 Å². The van der Waals surface area contributed by atoms with Gasteiger partial charge in [-0.1, -0.05) is 29.8 Å². The van der Waals surface area contributed by atoms with Crippen molar-refractivity contribution in [1.82, 2.24) is 5.32 Å². The fraction of sp³-hybridized carbons (Fsp3) is 0.0714. The van der Waals surface area contributed by atoms with Gasteiger partial charge in [-0.2, -0.15) is 10.5 Å². The first kappa shape index (κ1) is 11.6. The van der Waals surface area contributed by atoms with Gasteiger partial charge in [0, 0.05) is 5.70 Å². The van der Waals surface area contributed by atoms with Crippen LogP contribution in [-0.4, -0.2) is 5.91 Å². The Labute approximate surface area is 104 Å². The molecule has 0 unspecified atom stereocenters. The molecule has 0 radical (unpaired) electrons. The number of nitrogens with zero attached hydrogens (tertiary/aromatic N) is 2. The second-order valence-corrected chi connectivity index (χ2v) is 3.89. The maximum Gasteiger partial charge on any atom is 0.257 e. The molecule has 18 heavy (non-hydrogen) atoms. The van der Waals surface area contributed by atoms with Crippen LogP contribution in [0, 0.1) is 29.6 Å². The van der Waals surface area contributed by atoms with Gasteiger partial charge in [-0.05, 0) is 18.6 Å². The smallest absolute Gasteiger partial charge is 0.257 e. The molecular formula is C14H9N3O. The molecule has 0 atom stereocenters. The van der Waals surface area contributed by atoms with Gasteiger partial charge in [-0.3, -0.25) is 4.79 Å². The van der Waals surface area contributed by atoms with Crippen molar-refractivity contribution in [2.45, 2.75) is 6.92 Å². The van der Waals surface area contributed by atoms with Gasteiger partial charge in [-0.15, -0.1) is 0 Å². The van der Waals surface area contributed by atoms with Crippen LogP contribution in [-0.2, 0) is 4.79 Å². The molecule has 0 aromatic heterocycles. The van der Waals surface area contributed by atoms with Crippen molar-refractivity contribution < 1.29 is 4.79 Å². The summed E-state index contributed by atoms with van der Waals surface area (Å²) in [5, 5.41) is 20.2. The number of rotatable bonds is 1. The van der Waals surface area contributed by atoms with Crippen LogP contribution >= 0.6 is 0 Å². The molecule has 86 valence electrons. The number of allylic oxidation sites excluding steroid dienone is 1. The van der Waals surface area contributed by atoms with Crippen molar-refractivity contribution in [3.05, 3.63) is 52.6 Å². The van der Waals surface area contributed by atoms with E-state index in [0.29, 0.717) is 5.70 Å². The third-order valence-electron chi connectivity index (χ3n) is 2.64. The minimum absolute atomic E-state index is 0.121. The van der Waals surface area contributed by atoms with Gasteiger partial charge in [0.2, 0.25) is 0 Å². The lowest BCUT2D eigenvalue weighted by molar-refractivity contribution is -0.115. The third-order valence-corrected chi connectivity index (χ3v) is 2.64. The van der Waals surface area contributed by atoms with E-state index in [2.05, 4.69) is 5.32 Å². The van der Waals surface area contributed by atoms with Crippen LogP contribution < -0.4 is 5.32 Å². The van der Waals surface area contributed by atoms with Crippen molar-refractivity contribution in [3.63, 3.8) is 0 Å². The van der Waals surface area contributed by atoms with Crippen LogP contribution in [0.25, 0.3) is 5.70 Å². The average Bonchev–Trinajstić information content (AvgIpc) is 2.74. The van der Waals surface area contributed by atoms with E-state index in [1.165, 1.54) is 6.08 Å². The summed E-state index contributed by atoms with van der Waals surface area (Å²) >= 11 is 0. The van der Waals surface area contributed by atoms with Crippen molar-refractivity contribution in [1.29, 1.82) is 10.5 Å². The van der Waals surface area contributed by atoms with Gasteiger partial charge in [0.1, 0.15) is 17.7 Å². The Hall–Kier alpha value is -2.85. The molecule has 0 fully saturated rings. The zero-order valence-corrected chi connectivity index (χ0v) is 9.69. The Morgan fingerprint density at radius 3 is 2.33 bits per heavy atom. The number of amides is 1. The molecule has 2 rings (SSSR count). The highest BCUT2D eigenvalue weighted by molar-refractivity contribution is 6.09. The standard InChI is InChI=1S/C14H9N3O/c1-9-2-4-10(5-3-9)13-6-12(14(18)17-13)11(7-15)8-16/h2-6H,1H3,(H,17,18). The van der Waals surface area contributed by atoms with Crippen LogP contribution in [0.5, 0.6) is 0 Å². The molecule has 1 aliphatic heterocycles. The van der Waals surface area contributed by atoms with E-state index in [1.807, 2.05) is 31.2 Å². The quantitative estimate of drug-likeness (QED) is 0.595. The average molecular weight is 235 g/mol. The number of nitriles is 2. The van der Waals surface area contributed by atoms with E-state index < -0.39 is 5.91 Å². The Morgan fingerprint density at radius 2 is 1.78 bits per heavy atom. The zero-order valence-electron chi connectivity index (χ0n) is 9.69. The lowest BCUT2D eigenvalue weighted by Crippen LogP contribution is -2.16. The summed E-state index contributed by atoms with van der Waals surface area (Å²) in [7, 11) is 0. The molecule has 0 saturated heterocycles. The first-order valence-electron chi connectivity index (χ1n) is 5.30. The lowest BCUT2D eigenvalue weighted by atomic mass is 10.1. The summed E-state index contributed by atoms with van der Waals surface area (Å²) in [6.07, 6.45) is 1.54. The summed E-state index contributed by atoms with van der Waals surface area (Å²) < 4.78 is 0. The molecule has 1 aromatic carbocycles. The van der Waals surface area contributed by atoms with Crippen molar-refractivity contribution in [2.24, 2.45) is 0 Å². The van der Waals surface area contributed by atoms with Gasteiger partial charge >= 0.3 is 0 Å². The second-order valence-electron chi connectivity index (χ2n) is 3.89. The lowest BCUT2D eigenvalue weighted by Gasteiger charge is -2.02. The largest absolute Gasteiger partial charge is 0.321 e. The number of aryl methyl sites for hydroxylation is 1. The zero-order chi connectivity index (χ0) is 13.1. The molecule has 1 aliphatic rings. The fourth-order valence-electron chi connectivity index (χ4n) is 1.66. The van der Waals surface area contributed by atoms with Gasteiger partial charge in [0.25, 0.3) is 5.91 Å². The highest BCUT2D eigenvalue weighted by Gasteiger charge is 2.22. The van der Waals surface area contributed by atoms with Crippen molar-refractivity contribution in [3.8, 4) is 12.1 Å². The molecule has 1 aromatic rings. The van der Waals surface area contributed by atoms with Gasteiger partial charge < -0.3 is 5.32 Å². The second kappa shape index (κ2) is 4.57. The molecule has 1 heterocycles. The monoisotopic (exact) mass is 235 g/mol. The van der Waals surface area contributed by atoms with E-state index in [-0.39, 0.29) is 11.1 Å². The Morgan fingerprint density at radius 1 is 1.17 bits per heavy atom. The van der Waals surface area contributed by atoms with E-state index in [1.54, 1.807) is 12.1 Å². The first-order valence-corrected chi connectivity index (χ1v) is 5.30. The molecular weight excluding hydrogens is 226 g/mol. The molecule has 1 amide bonds. The van der Waals surface area contributed by atoms with Crippen LogP contribution in [0.2, 0.25) is 0 Å². The Kier molecular flexibility index (Phi) is 2.95.